The summed E-state index contributed by atoms with van der Waals surface area (Å²) in [4.78, 5) is 4.58. The number of aromatic nitrogens is 1. The van der Waals surface area contributed by atoms with Gasteiger partial charge in [-0.3, -0.25) is 0 Å². The predicted octanol–water partition coefficient (Wildman–Crippen LogP) is 6.23. The predicted molar refractivity (Wildman–Crippen MR) is 108 cm³/mol. The number of fused-ring (bicyclic) bond motifs is 2. The van der Waals surface area contributed by atoms with E-state index in [-0.39, 0.29) is 0 Å². The average molecular weight is 351 g/mol. The van der Waals surface area contributed by atoms with Crippen LogP contribution in [0.25, 0.3) is 33.3 Å². The van der Waals surface area contributed by atoms with E-state index in [9.17, 15) is 0 Å². The van der Waals surface area contributed by atoms with Crippen molar-refractivity contribution in [3.63, 3.8) is 0 Å². The molecule has 4 aromatic carbocycles. The van der Waals surface area contributed by atoms with Crippen LogP contribution in [0.2, 0.25) is 0 Å². The van der Waals surface area contributed by atoms with Crippen LogP contribution in [0.4, 0.5) is 0 Å². The van der Waals surface area contributed by atoms with Crippen molar-refractivity contribution < 1.29 is 9.15 Å². The highest BCUT2D eigenvalue weighted by molar-refractivity contribution is 5.88. The lowest BCUT2D eigenvalue weighted by Crippen LogP contribution is -1.94. The molecule has 5 aromatic rings. The molecule has 0 aliphatic rings. The first-order valence-corrected chi connectivity index (χ1v) is 8.92. The van der Waals surface area contributed by atoms with Gasteiger partial charge in [-0.1, -0.05) is 54.6 Å². The monoisotopic (exact) mass is 351 g/mol. The van der Waals surface area contributed by atoms with Crippen molar-refractivity contribution in [2.45, 2.75) is 6.61 Å². The summed E-state index contributed by atoms with van der Waals surface area (Å²) in [5.74, 6) is 1.50. The number of para-hydroxylation sites is 2. The molecule has 0 aliphatic heterocycles. The maximum atomic E-state index is 5.92. The first kappa shape index (κ1) is 15.6. The van der Waals surface area contributed by atoms with Gasteiger partial charge in [0.25, 0.3) is 0 Å². The molecule has 1 heterocycles. The molecular weight excluding hydrogens is 334 g/mol. The zero-order valence-electron chi connectivity index (χ0n) is 14.6. The second-order valence-corrected chi connectivity index (χ2v) is 6.48. The van der Waals surface area contributed by atoms with E-state index >= 15 is 0 Å². The molecule has 0 unspecified atom stereocenters. The van der Waals surface area contributed by atoms with Crippen LogP contribution in [-0.4, -0.2) is 4.98 Å². The zero-order chi connectivity index (χ0) is 18.1. The highest BCUT2D eigenvalue weighted by Crippen LogP contribution is 2.29. The maximum Gasteiger partial charge on any atom is 0.227 e. The van der Waals surface area contributed by atoms with Gasteiger partial charge in [-0.15, -0.1) is 0 Å². The van der Waals surface area contributed by atoms with Gasteiger partial charge in [0.15, 0.2) is 5.58 Å². The Morgan fingerprint density at radius 3 is 2.41 bits per heavy atom. The summed E-state index contributed by atoms with van der Waals surface area (Å²) in [7, 11) is 0. The van der Waals surface area contributed by atoms with E-state index in [1.807, 2.05) is 54.6 Å². The van der Waals surface area contributed by atoms with E-state index in [1.165, 1.54) is 0 Å². The number of nitrogens with zero attached hydrogens (tertiary/aromatic N) is 1. The minimum Gasteiger partial charge on any atom is -0.489 e. The van der Waals surface area contributed by atoms with Gasteiger partial charge in [0, 0.05) is 5.56 Å². The maximum absolute atomic E-state index is 5.92. The Kier molecular flexibility index (Phi) is 3.83. The number of benzene rings is 4. The lowest BCUT2D eigenvalue weighted by molar-refractivity contribution is 0.306. The van der Waals surface area contributed by atoms with E-state index < -0.39 is 0 Å². The molecular formula is C24H17NO2. The molecule has 0 radical (unpaired) electrons. The number of hydrogen-bond acceptors (Lipinski definition) is 3. The fourth-order valence-electron chi connectivity index (χ4n) is 3.18. The summed E-state index contributed by atoms with van der Waals surface area (Å²) in [6.07, 6.45) is 0. The van der Waals surface area contributed by atoms with Crippen LogP contribution in [-0.2, 0) is 6.61 Å². The summed E-state index contributed by atoms with van der Waals surface area (Å²) < 4.78 is 11.8. The van der Waals surface area contributed by atoms with Crippen LogP contribution < -0.4 is 4.74 Å². The normalized spacial score (nSPS) is 11.1. The second kappa shape index (κ2) is 6.61. The third-order valence-electron chi connectivity index (χ3n) is 4.60. The van der Waals surface area contributed by atoms with Crippen molar-refractivity contribution in [2.75, 3.05) is 0 Å². The third kappa shape index (κ3) is 3.15. The molecule has 0 spiro atoms. The highest BCUT2D eigenvalue weighted by Gasteiger charge is 2.08. The Morgan fingerprint density at radius 2 is 1.52 bits per heavy atom. The zero-order valence-corrected chi connectivity index (χ0v) is 14.6. The molecule has 0 saturated carbocycles. The standard InChI is InChI=1S/C24H17NO2/c1-2-6-17(7-3-1)16-26-21-13-12-18-14-20(11-10-19(18)15-21)24-25-22-8-4-5-9-23(22)27-24/h1-15H,16H2. The smallest absolute Gasteiger partial charge is 0.227 e. The third-order valence-corrected chi connectivity index (χ3v) is 4.60. The van der Waals surface area contributed by atoms with E-state index in [4.69, 9.17) is 9.15 Å². The Bertz CT molecular complexity index is 1190. The summed E-state index contributed by atoms with van der Waals surface area (Å²) >= 11 is 0. The van der Waals surface area contributed by atoms with Crippen LogP contribution in [0.15, 0.2) is 95.4 Å². The van der Waals surface area contributed by atoms with Crippen LogP contribution in [0, 0.1) is 0 Å². The SMILES string of the molecule is c1ccc(COc2ccc3cc(-c4nc5ccccc5o4)ccc3c2)cc1. The molecule has 0 atom stereocenters. The molecule has 0 bridgehead atoms. The molecule has 0 aliphatic carbocycles. The Hall–Kier alpha value is -3.59. The minimum atomic E-state index is 0.563. The Balaban J connectivity index is 1.42. The van der Waals surface area contributed by atoms with Gasteiger partial charge < -0.3 is 9.15 Å². The van der Waals surface area contributed by atoms with Crippen molar-refractivity contribution in [3.05, 3.63) is 96.6 Å². The van der Waals surface area contributed by atoms with Crippen LogP contribution in [0.3, 0.4) is 0 Å². The van der Waals surface area contributed by atoms with Gasteiger partial charge in [0.05, 0.1) is 0 Å². The lowest BCUT2D eigenvalue weighted by atomic mass is 10.1. The van der Waals surface area contributed by atoms with E-state index in [2.05, 4.69) is 41.4 Å². The second-order valence-electron chi connectivity index (χ2n) is 6.48. The number of rotatable bonds is 4. The van der Waals surface area contributed by atoms with Crippen molar-refractivity contribution in [1.29, 1.82) is 0 Å². The number of oxazole rings is 1. The van der Waals surface area contributed by atoms with E-state index in [0.29, 0.717) is 12.5 Å². The van der Waals surface area contributed by atoms with Gasteiger partial charge in [-0.05, 0) is 52.7 Å². The van der Waals surface area contributed by atoms with E-state index in [0.717, 1.165) is 38.7 Å². The summed E-state index contributed by atoms with van der Waals surface area (Å²) in [6, 6.07) is 30.3. The van der Waals surface area contributed by atoms with Crippen molar-refractivity contribution in [3.8, 4) is 17.2 Å². The molecule has 130 valence electrons. The Morgan fingerprint density at radius 1 is 0.741 bits per heavy atom. The fraction of sp³-hybridized carbons (Fsp3) is 0.0417. The molecule has 0 amide bonds. The van der Waals surface area contributed by atoms with Gasteiger partial charge in [-0.2, -0.15) is 0 Å². The topological polar surface area (TPSA) is 35.3 Å². The van der Waals surface area contributed by atoms with E-state index in [1.54, 1.807) is 0 Å². The Labute approximate surface area is 156 Å². The first-order chi connectivity index (χ1) is 13.3. The first-order valence-electron chi connectivity index (χ1n) is 8.92. The van der Waals surface area contributed by atoms with Gasteiger partial charge in [-0.25, -0.2) is 4.98 Å². The molecule has 1 aromatic heterocycles. The van der Waals surface area contributed by atoms with Crippen molar-refractivity contribution in [1.82, 2.24) is 4.98 Å². The summed E-state index contributed by atoms with van der Waals surface area (Å²) in [6.45, 7) is 0.563. The number of ether oxygens (including phenoxy) is 1. The lowest BCUT2D eigenvalue weighted by Gasteiger charge is -2.08. The molecule has 27 heavy (non-hydrogen) atoms. The molecule has 5 rings (SSSR count). The van der Waals surface area contributed by atoms with Crippen molar-refractivity contribution in [2.24, 2.45) is 0 Å². The molecule has 3 heteroatoms. The van der Waals surface area contributed by atoms with Gasteiger partial charge in [0.2, 0.25) is 5.89 Å². The molecule has 3 nitrogen and oxygen atoms in total. The van der Waals surface area contributed by atoms with Gasteiger partial charge >= 0.3 is 0 Å². The van der Waals surface area contributed by atoms with Crippen molar-refractivity contribution >= 4 is 21.9 Å². The highest BCUT2D eigenvalue weighted by atomic mass is 16.5. The summed E-state index contributed by atoms with van der Waals surface area (Å²) in [5.41, 5.74) is 3.80. The summed E-state index contributed by atoms with van der Waals surface area (Å²) in [5, 5.41) is 2.25. The average Bonchev–Trinajstić information content (AvgIpc) is 3.17. The molecule has 0 saturated heterocycles. The minimum absolute atomic E-state index is 0.563. The van der Waals surface area contributed by atoms with Crippen LogP contribution in [0.1, 0.15) is 5.56 Å². The molecule has 0 N–H and O–H groups in total. The largest absolute Gasteiger partial charge is 0.489 e. The van der Waals surface area contributed by atoms with Crippen LogP contribution >= 0.6 is 0 Å². The quantitative estimate of drug-likeness (QED) is 0.385. The van der Waals surface area contributed by atoms with Gasteiger partial charge in [0.1, 0.15) is 17.9 Å². The fourth-order valence-corrected chi connectivity index (χ4v) is 3.18. The molecule has 0 fully saturated rings. The van der Waals surface area contributed by atoms with Crippen LogP contribution in [0.5, 0.6) is 5.75 Å². The number of hydrogen-bond donors (Lipinski definition) is 0.